The molecular weight excluding hydrogens is 382 g/mol. The highest BCUT2D eigenvalue weighted by atomic mass is 32.2. The summed E-state index contributed by atoms with van der Waals surface area (Å²) in [6.45, 7) is 5.15. The van der Waals surface area contributed by atoms with E-state index in [1.54, 1.807) is 36.6 Å². The van der Waals surface area contributed by atoms with E-state index in [0.29, 0.717) is 29.5 Å². The lowest BCUT2D eigenvalue weighted by molar-refractivity contribution is 0.519. The summed E-state index contributed by atoms with van der Waals surface area (Å²) in [6, 6.07) is 6.98. The molecule has 1 aromatic heterocycles. The highest BCUT2D eigenvalue weighted by Gasteiger charge is 2.20. The maximum absolute atomic E-state index is 12.5. The van der Waals surface area contributed by atoms with Crippen molar-refractivity contribution in [3.05, 3.63) is 45.4 Å². The standard InChI is InChI=1S/C18H27N5O2S2/c1-13-14(2)26-17(22-13)10-11-20-18(19-3)21-12-15-8-6-7-9-16(15)27(24,25)23(4)5/h6-9H,10-12H2,1-5H3,(H2,19,20,21). The zero-order valence-electron chi connectivity index (χ0n) is 16.4. The number of rotatable bonds is 7. The second-order valence-electron chi connectivity index (χ2n) is 6.25. The first-order chi connectivity index (χ1) is 12.8. The molecule has 27 heavy (non-hydrogen) atoms. The number of guanidine groups is 1. The van der Waals surface area contributed by atoms with Gasteiger partial charge in [-0.3, -0.25) is 4.99 Å². The Kier molecular flexibility index (Phi) is 7.34. The number of aryl methyl sites for hydroxylation is 2. The third-order valence-electron chi connectivity index (χ3n) is 4.11. The second kappa shape index (κ2) is 9.29. The molecular formula is C18H27N5O2S2. The van der Waals surface area contributed by atoms with Gasteiger partial charge >= 0.3 is 0 Å². The van der Waals surface area contributed by atoms with Gasteiger partial charge in [-0.25, -0.2) is 17.7 Å². The quantitative estimate of drug-likeness (QED) is 0.539. The second-order valence-corrected chi connectivity index (χ2v) is 9.65. The van der Waals surface area contributed by atoms with Crippen molar-refractivity contribution < 1.29 is 8.42 Å². The molecule has 1 aromatic carbocycles. The Hall–Kier alpha value is -1.97. The van der Waals surface area contributed by atoms with Crippen molar-refractivity contribution in [1.29, 1.82) is 0 Å². The molecule has 0 fully saturated rings. The molecule has 2 rings (SSSR count). The summed E-state index contributed by atoms with van der Waals surface area (Å²) in [5.41, 5.74) is 1.77. The van der Waals surface area contributed by atoms with Crippen LogP contribution in [0.5, 0.6) is 0 Å². The summed E-state index contributed by atoms with van der Waals surface area (Å²) in [5, 5.41) is 7.52. The molecule has 0 aliphatic carbocycles. The van der Waals surface area contributed by atoms with Crippen LogP contribution in [0.1, 0.15) is 21.1 Å². The van der Waals surface area contributed by atoms with Crippen molar-refractivity contribution >= 4 is 27.3 Å². The minimum absolute atomic E-state index is 0.298. The van der Waals surface area contributed by atoms with E-state index in [1.165, 1.54) is 23.3 Å². The molecule has 0 bridgehead atoms. The monoisotopic (exact) mass is 409 g/mol. The summed E-state index contributed by atoms with van der Waals surface area (Å²) in [5.74, 6) is 0.622. The smallest absolute Gasteiger partial charge is 0.242 e. The molecule has 0 aliphatic heterocycles. The van der Waals surface area contributed by atoms with Crippen LogP contribution in [0.15, 0.2) is 34.2 Å². The lowest BCUT2D eigenvalue weighted by Crippen LogP contribution is -2.38. The van der Waals surface area contributed by atoms with Gasteiger partial charge in [0.1, 0.15) is 0 Å². The van der Waals surface area contributed by atoms with Crippen LogP contribution in [0.25, 0.3) is 0 Å². The predicted octanol–water partition coefficient (Wildman–Crippen LogP) is 1.92. The molecule has 0 amide bonds. The number of nitrogens with zero attached hydrogens (tertiary/aromatic N) is 3. The molecule has 1 heterocycles. The largest absolute Gasteiger partial charge is 0.356 e. The van der Waals surface area contributed by atoms with Gasteiger partial charge in [0, 0.05) is 45.5 Å². The molecule has 148 valence electrons. The predicted molar refractivity (Wildman–Crippen MR) is 111 cm³/mol. The van der Waals surface area contributed by atoms with Crippen molar-refractivity contribution in [3.8, 4) is 0 Å². The minimum Gasteiger partial charge on any atom is -0.356 e. The fourth-order valence-corrected chi connectivity index (χ4v) is 4.48. The normalized spacial score (nSPS) is 12.4. The van der Waals surface area contributed by atoms with Crippen LogP contribution >= 0.6 is 11.3 Å². The Morgan fingerprint density at radius 1 is 1.22 bits per heavy atom. The summed E-state index contributed by atoms with van der Waals surface area (Å²) >= 11 is 1.71. The molecule has 2 N–H and O–H groups in total. The Labute approximate surface area is 165 Å². The summed E-state index contributed by atoms with van der Waals surface area (Å²) in [6.07, 6.45) is 0.811. The van der Waals surface area contributed by atoms with E-state index in [4.69, 9.17) is 0 Å². The van der Waals surface area contributed by atoms with Gasteiger partial charge in [0.2, 0.25) is 10.0 Å². The van der Waals surface area contributed by atoms with E-state index in [1.807, 2.05) is 13.0 Å². The molecule has 2 aromatic rings. The number of thiazole rings is 1. The van der Waals surface area contributed by atoms with E-state index in [9.17, 15) is 8.42 Å². The maximum Gasteiger partial charge on any atom is 0.242 e. The number of sulfonamides is 1. The number of hydrogen-bond donors (Lipinski definition) is 2. The van der Waals surface area contributed by atoms with Crippen molar-refractivity contribution in [3.63, 3.8) is 0 Å². The summed E-state index contributed by atoms with van der Waals surface area (Å²) in [7, 11) is 1.26. The van der Waals surface area contributed by atoms with Crippen molar-refractivity contribution in [2.24, 2.45) is 4.99 Å². The van der Waals surface area contributed by atoms with Gasteiger partial charge in [0.05, 0.1) is 15.6 Å². The summed E-state index contributed by atoms with van der Waals surface area (Å²) < 4.78 is 26.2. The van der Waals surface area contributed by atoms with Crippen LogP contribution in [-0.4, -0.2) is 51.4 Å². The van der Waals surface area contributed by atoms with Gasteiger partial charge in [-0.15, -0.1) is 11.3 Å². The third-order valence-corrected chi connectivity index (χ3v) is 7.15. The number of aliphatic imine (C=N–C) groups is 1. The van der Waals surface area contributed by atoms with E-state index < -0.39 is 10.0 Å². The average Bonchev–Trinajstić information content (AvgIpc) is 2.95. The van der Waals surface area contributed by atoms with Crippen LogP contribution < -0.4 is 10.6 Å². The van der Waals surface area contributed by atoms with Crippen molar-refractivity contribution in [2.75, 3.05) is 27.7 Å². The molecule has 0 saturated carbocycles. The zero-order chi connectivity index (χ0) is 20.0. The lowest BCUT2D eigenvalue weighted by atomic mass is 10.2. The van der Waals surface area contributed by atoms with Crippen LogP contribution in [0.4, 0.5) is 0 Å². The van der Waals surface area contributed by atoms with Crippen LogP contribution in [0.2, 0.25) is 0 Å². The zero-order valence-corrected chi connectivity index (χ0v) is 18.0. The van der Waals surface area contributed by atoms with Crippen molar-refractivity contribution in [2.45, 2.75) is 31.7 Å². The third kappa shape index (κ3) is 5.50. The van der Waals surface area contributed by atoms with Gasteiger partial charge in [-0.05, 0) is 25.5 Å². The minimum atomic E-state index is -3.49. The first-order valence-corrected chi connectivity index (χ1v) is 10.9. The maximum atomic E-state index is 12.5. The van der Waals surface area contributed by atoms with Gasteiger partial charge in [-0.1, -0.05) is 18.2 Å². The molecule has 0 unspecified atom stereocenters. The molecule has 0 saturated heterocycles. The fraction of sp³-hybridized carbons (Fsp3) is 0.444. The number of aromatic nitrogens is 1. The van der Waals surface area contributed by atoms with Gasteiger partial charge in [-0.2, -0.15) is 0 Å². The SMILES string of the molecule is CN=C(NCCc1nc(C)c(C)s1)NCc1ccccc1S(=O)(=O)N(C)C. The van der Waals surface area contributed by atoms with Gasteiger partial charge in [0.15, 0.2) is 5.96 Å². The molecule has 9 heteroatoms. The number of benzene rings is 1. The molecule has 0 spiro atoms. The van der Waals surface area contributed by atoms with Gasteiger partial charge in [0.25, 0.3) is 0 Å². The van der Waals surface area contributed by atoms with Crippen LogP contribution in [0, 0.1) is 13.8 Å². The number of hydrogen-bond acceptors (Lipinski definition) is 5. The number of nitrogens with one attached hydrogen (secondary N) is 2. The van der Waals surface area contributed by atoms with Crippen molar-refractivity contribution in [1.82, 2.24) is 19.9 Å². The summed E-state index contributed by atoms with van der Waals surface area (Å²) in [4.78, 5) is 10.3. The van der Waals surface area contributed by atoms with Crippen LogP contribution in [0.3, 0.4) is 0 Å². The Bertz CT molecular complexity index is 885. The Morgan fingerprint density at radius 2 is 1.93 bits per heavy atom. The Morgan fingerprint density at radius 3 is 2.52 bits per heavy atom. The Balaban J connectivity index is 1.97. The topological polar surface area (TPSA) is 86.7 Å². The van der Waals surface area contributed by atoms with Gasteiger partial charge < -0.3 is 10.6 Å². The van der Waals surface area contributed by atoms with E-state index in [0.717, 1.165) is 17.1 Å². The average molecular weight is 410 g/mol. The molecule has 0 aliphatic rings. The van der Waals surface area contributed by atoms with E-state index in [-0.39, 0.29) is 0 Å². The lowest BCUT2D eigenvalue weighted by Gasteiger charge is -2.16. The highest BCUT2D eigenvalue weighted by Crippen LogP contribution is 2.18. The van der Waals surface area contributed by atoms with E-state index >= 15 is 0 Å². The first kappa shape index (κ1) is 21.3. The first-order valence-electron chi connectivity index (χ1n) is 8.63. The fourth-order valence-electron chi connectivity index (χ4n) is 2.43. The van der Waals surface area contributed by atoms with E-state index in [2.05, 4.69) is 27.5 Å². The molecule has 0 atom stereocenters. The molecule has 0 radical (unpaired) electrons. The highest BCUT2D eigenvalue weighted by molar-refractivity contribution is 7.89. The molecule has 7 nitrogen and oxygen atoms in total. The van der Waals surface area contributed by atoms with Crippen LogP contribution in [-0.2, 0) is 23.0 Å².